The van der Waals surface area contributed by atoms with Crippen LogP contribution in [0.2, 0.25) is 0 Å². The van der Waals surface area contributed by atoms with Gasteiger partial charge in [-0.1, -0.05) is 0 Å². The molecule has 7 nitrogen and oxygen atoms in total. The first-order chi connectivity index (χ1) is 16.2. The van der Waals surface area contributed by atoms with Crippen LogP contribution in [-0.2, 0) is 4.79 Å². The maximum Gasteiger partial charge on any atom is 0.306 e. The summed E-state index contributed by atoms with van der Waals surface area (Å²) in [6.45, 7) is 5.38. The van der Waals surface area contributed by atoms with E-state index in [2.05, 4.69) is 15.3 Å². The van der Waals surface area contributed by atoms with Gasteiger partial charge in [-0.2, -0.15) is 0 Å². The Bertz CT molecular complexity index is 1240. The van der Waals surface area contributed by atoms with Crippen LogP contribution < -0.4 is 15.8 Å². The number of carboxylic acids is 1. The molecule has 4 rings (SSSR count). The third-order valence-corrected chi connectivity index (χ3v) is 6.80. The molecule has 4 N–H and O–H groups in total. The van der Waals surface area contributed by atoms with Crippen molar-refractivity contribution >= 4 is 28.4 Å². The zero-order chi connectivity index (χ0) is 24.6. The molecular formula is C26H31FN4O3. The molecule has 2 aromatic carbocycles. The molecule has 1 atom stereocenters. The third kappa shape index (κ3) is 4.62. The monoisotopic (exact) mass is 466 g/mol. The van der Waals surface area contributed by atoms with Crippen molar-refractivity contribution in [3.63, 3.8) is 0 Å². The molecule has 8 heteroatoms. The molecule has 1 aliphatic rings. The van der Waals surface area contributed by atoms with Crippen LogP contribution in [0.15, 0.2) is 24.3 Å². The van der Waals surface area contributed by atoms with E-state index in [4.69, 9.17) is 10.5 Å². The molecule has 0 spiro atoms. The number of rotatable bonds is 6. The molecule has 34 heavy (non-hydrogen) atoms. The van der Waals surface area contributed by atoms with Gasteiger partial charge in [0.05, 0.1) is 24.6 Å². The Hall–Kier alpha value is -3.42. The van der Waals surface area contributed by atoms with Gasteiger partial charge in [0.1, 0.15) is 23.2 Å². The zero-order valence-corrected chi connectivity index (χ0v) is 20.0. The fraction of sp³-hybridized carbons (Fsp3) is 0.423. The number of aromatic nitrogens is 2. The fourth-order valence-corrected chi connectivity index (χ4v) is 4.97. The number of halogens is 1. The van der Waals surface area contributed by atoms with Gasteiger partial charge in [0.2, 0.25) is 0 Å². The Balaban J connectivity index is 1.73. The molecule has 0 aliphatic heterocycles. The molecule has 1 saturated carbocycles. The number of carbonyl (C=O) groups is 1. The van der Waals surface area contributed by atoms with Crippen molar-refractivity contribution in [1.29, 1.82) is 0 Å². The van der Waals surface area contributed by atoms with Gasteiger partial charge in [-0.3, -0.25) is 4.79 Å². The Morgan fingerprint density at radius 2 is 1.88 bits per heavy atom. The van der Waals surface area contributed by atoms with Crippen molar-refractivity contribution in [1.82, 2.24) is 9.97 Å². The number of nitrogens with two attached hydrogens (primary N) is 1. The van der Waals surface area contributed by atoms with E-state index in [0.717, 1.165) is 35.1 Å². The van der Waals surface area contributed by atoms with Gasteiger partial charge in [-0.05, 0) is 81.7 Å². The molecule has 0 amide bonds. The summed E-state index contributed by atoms with van der Waals surface area (Å²) in [5.41, 5.74) is 9.20. The molecule has 1 heterocycles. The Morgan fingerprint density at radius 3 is 2.53 bits per heavy atom. The van der Waals surface area contributed by atoms with Crippen LogP contribution in [0.25, 0.3) is 10.9 Å². The number of hydrogen-bond acceptors (Lipinski definition) is 6. The third-order valence-electron chi connectivity index (χ3n) is 6.80. The number of anilines is 2. The van der Waals surface area contributed by atoms with Crippen LogP contribution in [0.3, 0.4) is 0 Å². The van der Waals surface area contributed by atoms with Gasteiger partial charge in [0, 0.05) is 22.7 Å². The number of nitrogen functional groups attached to an aromatic ring is 1. The van der Waals surface area contributed by atoms with E-state index in [1.807, 2.05) is 26.0 Å². The first-order valence-corrected chi connectivity index (χ1v) is 11.6. The smallest absolute Gasteiger partial charge is 0.306 e. The van der Waals surface area contributed by atoms with E-state index >= 15 is 0 Å². The summed E-state index contributed by atoms with van der Waals surface area (Å²) in [6, 6.07) is 6.83. The second-order valence-corrected chi connectivity index (χ2v) is 9.22. The van der Waals surface area contributed by atoms with Crippen molar-refractivity contribution in [2.45, 2.75) is 58.4 Å². The number of aliphatic carboxylic acids is 1. The molecule has 1 fully saturated rings. The number of hydrogen-bond donors (Lipinski definition) is 3. The maximum absolute atomic E-state index is 14.8. The number of aryl methyl sites for hydroxylation is 2. The summed E-state index contributed by atoms with van der Waals surface area (Å²) in [6.07, 6.45) is 2.83. The van der Waals surface area contributed by atoms with Crippen LogP contribution in [-0.4, -0.2) is 28.2 Å². The van der Waals surface area contributed by atoms with E-state index in [1.54, 1.807) is 26.2 Å². The van der Waals surface area contributed by atoms with E-state index in [-0.39, 0.29) is 23.7 Å². The average molecular weight is 467 g/mol. The summed E-state index contributed by atoms with van der Waals surface area (Å²) >= 11 is 0. The predicted molar refractivity (Wildman–Crippen MR) is 131 cm³/mol. The quantitative estimate of drug-likeness (QED) is 0.411. The normalized spacial score (nSPS) is 19.1. The highest BCUT2D eigenvalue weighted by atomic mass is 19.1. The topological polar surface area (TPSA) is 110 Å². The summed E-state index contributed by atoms with van der Waals surface area (Å²) in [7, 11) is 1.63. The number of nitrogens with one attached hydrogen (secondary N) is 1. The number of benzene rings is 2. The molecular weight excluding hydrogens is 435 g/mol. The van der Waals surface area contributed by atoms with Gasteiger partial charge in [-0.15, -0.1) is 0 Å². The van der Waals surface area contributed by atoms with Crippen molar-refractivity contribution < 1.29 is 19.0 Å². The first kappa shape index (κ1) is 23.7. The largest absolute Gasteiger partial charge is 0.496 e. The number of nitrogens with zero attached hydrogens (tertiary/aromatic N) is 2. The van der Waals surface area contributed by atoms with E-state index in [1.165, 1.54) is 0 Å². The Labute approximate surface area is 198 Å². The highest BCUT2D eigenvalue weighted by molar-refractivity contribution is 5.91. The minimum absolute atomic E-state index is 0.190. The maximum atomic E-state index is 14.8. The number of methoxy groups -OCH3 is 1. The van der Waals surface area contributed by atoms with Crippen LogP contribution >= 0.6 is 0 Å². The highest BCUT2D eigenvalue weighted by Gasteiger charge is 2.29. The van der Waals surface area contributed by atoms with Crippen LogP contribution in [0.4, 0.5) is 15.9 Å². The first-order valence-electron chi connectivity index (χ1n) is 11.6. The van der Waals surface area contributed by atoms with Crippen LogP contribution in [0.1, 0.15) is 67.1 Å². The van der Waals surface area contributed by atoms with Crippen LogP contribution in [0, 0.1) is 25.6 Å². The van der Waals surface area contributed by atoms with Crippen molar-refractivity contribution in [2.75, 3.05) is 18.2 Å². The van der Waals surface area contributed by atoms with Gasteiger partial charge < -0.3 is 20.9 Å². The SMILES string of the molecule is COc1cc2nc(C)nc(N[C@@H](C)c3cc(N)cc(C)c3F)c2cc1C1CCC(C(=O)O)CC1. The second kappa shape index (κ2) is 9.44. The zero-order valence-electron chi connectivity index (χ0n) is 20.0. The minimum Gasteiger partial charge on any atom is -0.496 e. The van der Waals surface area contributed by atoms with Crippen molar-refractivity contribution in [2.24, 2.45) is 5.92 Å². The molecule has 0 unspecified atom stereocenters. The number of carboxylic acid groups (broad SMARTS) is 1. The summed E-state index contributed by atoms with van der Waals surface area (Å²) in [4.78, 5) is 20.6. The molecule has 180 valence electrons. The number of fused-ring (bicyclic) bond motifs is 1. The van der Waals surface area contributed by atoms with Gasteiger partial charge >= 0.3 is 5.97 Å². The molecule has 1 aliphatic carbocycles. The second-order valence-electron chi connectivity index (χ2n) is 9.22. The van der Waals surface area contributed by atoms with Gasteiger partial charge in [-0.25, -0.2) is 14.4 Å². The molecule has 0 radical (unpaired) electrons. The standard InChI is InChI=1S/C26H31FN4O3/c1-13-9-18(28)10-19(24(13)27)14(2)29-25-21-11-20(16-5-7-17(8-6-16)26(32)33)23(34-4)12-22(21)30-15(3)31-25/h9-12,14,16-17H,5-8,28H2,1-4H3,(H,32,33)(H,29,30,31)/t14-,16?,17?/m0/s1. The summed E-state index contributed by atoms with van der Waals surface area (Å²) in [5.74, 6) is 0.819. The lowest BCUT2D eigenvalue weighted by molar-refractivity contribution is -0.142. The lowest BCUT2D eigenvalue weighted by Gasteiger charge is -2.28. The van der Waals surface area contributed by atoms with Crippen LogP contribution in [0.5, 0.6) is 5.75 Å². The molecule has 0 bridgehead atoms. The molecule has 1 aromatic heterocycles. The van der Waals surface area contributed by atoms with E-state index in [0.29, 0.717) is 41.3 Å². The summed E-state index contributed by atoms with van der Waals surface area (Å²) in [5, 5.41) is 13.5. The van der Waals surface area contributed by atoms with E-state index in [9.17, 15) is 14.3 Å². The number of ether oxygens (including phenoxy) is 1. The summed E-state index contributed by atoms with van der Waals surface area (Å²) < 4.78 is 20.5. The fourth-order valence-electron chi connectivity index (χ4n) is 4.97. The Kier molecular flexibility index (Phi) is 6.59. The molecule has 0 saturated heterocycles. The average Bonchev–Trinajstić information content (AvgIpc) is 2.80. The Morgan fingerprint density at radius 1 is 1.18 bits per heavy atom. The predicted octanol–water partition coefficient (Wildman–Crippen LogP) is 5.51. The lowest BCUT2D eigenvalue weighted by Crippen LogP contribution is -2.20. The van der Waals surface area contributed by atoms with Crippen molar-refractivity contribution in [3.8, 4) is 5.75 Å². The van der Waals surface area contributed by atoms with Gasteiger partial charge in [0.15, 0.2) is 0 Å². The van der Waals surface area contributed by atoms with Gasteiger partial charge in [0.25, 0.3) is 0 Å². The van der Waals surface area contributed by atoms with Crippen molar-refractivity contribution in [3.05, 3.63) is 52.6 Å². The van der Waals surface area contributed by atoms with E-state index < -0.39 is 5.97 Å². The molecule has 3 aromatic rings. The highest BCUT2D eigenvalue weighted by Crippen LogP contribution is 2.42. The lowest BCUT2D eigenvalue weighted by atomic mass is 9.78. The minimum atomic E-state index is -0.725.